The molecule has 0 fully saturated rings. The molecule has 0 atom stereocenters. The Bertz CT molecular complexity index is 266. The molecule has 0 aliphatic heterocycles. The van der Waals surface area contributed by atoms with Crippen LogP contribution in [0.4, 0.5) is 0 Å². The second kappa shape index (κ2) is 5.13. The van der Waals surface area contributed by atoms with E-state index in [2.05, 4.69) is 5.32 Å². The average Bonchev–Trinajstić information content (AvgIpc) is 2.65. The summed E-state index contributed by atoms with van der Waals surface area (Å²) >= 11 is 0. The first-order chi connectivity index (χ1) is 6.34. The molecule has 0 bridgehead atoms. The number of carbonyl (C=O) groups excluding carboxylic acids is 2. The van der Waals surface area contributed by atoms with E-state index in [4.69, 9.17) is 4.42 Å². The highest BCUT2D eigenvalue weighted by molar-refractivity contribution is 5.91. The van der Waals surface area contributed by atoms with Gasteiger partial charge in [0.15, 0.2) is 5.76 Å². The molecular weight excluding hydrogens is 170 g/mol. The van der Waals surface area contributed by atoms with Gasteiger partial charge in [-0.1, -0.05) is 0 Å². The van der Waals surface area contributed by atoms with Gasteiger partial charge in [-0.25, -0.2) is 0 Å². The van der Waals surface area contributed by atoms with Gasteiger partial charge in [0.05, 0.1) is 6.26 Å². The van der Waals surface area contributed by atoms with E-state index in [0.29, 0.717) is 25.1 Å². The molecule has 1 aromatic rings. The molecule has 0 aliphatic rings. The lowest BCUT2D eigenvalue weighted by Crippen LogP contribution is -2.23. The molecule has 0 saturated carbocycles. The van der Waals surface area contributed by atoms with Crippen molar-refractivity contribution in [3.8, 4) is 0 Å². The minimum atomic E-state index is -0.240. The van der Waals surface area contributed by atoms with Crippen LogP contribution in [0.25, 0.3) is 0 Å². The third-order valence-corrected chi connectivity index (χ3v) is 1.53. The lowest BCUT2D eigenvalue weighted by atomic mass is 10.3. The zero-order valence-electron chi connectivity index (χ0n) is 7.16. The summed E-state index contributed by atoms with van der Waals surface area (Å²) in [5.74, 6) is 0.0574. The van der Waals surface area contributed by atoms with E-state index in [1.165, 1.54) is 6.26 Å². The number of hydrogen-bond donors (Lipinski definition) is 1. The van der Waals surface area contributed by atoms with Crippen molar-refractivity contribution in [1.29, 1.82) is 0 Å². The maximum atomic E-state index is 11.2. The van der Waals surface area contributed by atoms with Gasteiger partial charge in [-0.3, -0.25) is 4.79 Å². The van der Waals surface area contributed by atoms with Crippen LogP contribution in [0.5, 0.6) is 0 Å². The molecule has 4 heteroatoms. The van der Waals surface area contributed by atoms with Crippen LogP contribution in [0.3, 0.4) is 0 Å². The Morgan fingerprint density at radius 2 is 2.46 bits per heavy atom. The van der Waals surface area contributed by atoms with Gasteiger partial charge in [0.1, 0.15) is 6.29 Å². The summed E-state index contributed by atoms with van der Waals surface area (Å²) in [6.45, 7) is 0.498. The third-order valence-electron chi connectivity index (χ3n) is 1.53. The minimum Gasteiger partial charge on any atom is -0.459 e. The molecule has 13 heavy (non-hydrogen) atoms. The molecule has 0 aromatic carbocycles. The van der Waals surface area contributed by atoms with Crippen LogP contribution in [0.2, 0.25) is 0 Å². The Kier molecular flexibility index (Phi) is 3.75. The van der Waals surface area contributed by atoms with Crippen molar-refractivity contribution in [1.82, 2.24) is 5.32 Å². The van der Waals surface area contributed by atoms with Crippen molar-refractivity contribution in [2.45, 2.75) is 12.8 Å². The number of unbranched alkanes of at least 4 members (excludes halogenated alkanes) is 1. The third kappa shape index (κ3) is 3.11. The van der Waals surface area contributed by atoms with Gasteiger partial charge in [0.25, 0.3) is 5.91 Å². The molecule has 1 amide bonds. The standard InChI is InChI=1S/C9H11NO3/c11-6-2-1-5-10-9(12)8-4-3-7-13-8/h3-4,6-7H,1-2,5H2,(H,10,12). The summed E-state index contributed by atoms with van der Waals surface area (Å²) < 4.78 is 4.87. The Labute approximate surface area is 75.9 Å². The van der Waals surface area contributed by atoms with Crippen molar-refractivity contribution in [2.24, 2.45) is 0 Å². The topological polar surface area (TPSA) is 59.3 Å². The van der Waals surface area contributed by atoms with Gasteiger partial charge in [-0.2, -0.15) is 0 Å². The van der Waals surface area contributed by atoms with Gasteiger partial charge in [0.2, 0.25) is 0 Å². The number of carbonyl (C=O) groups is 2. The van der Waals surface area contributed by atoms with Gasteiger partial charge >= 0.3 is 0 Å². The first-order valence-corrected chi connectivity index (χ1v) is 4.10. The number of hydrogen-bond acceptors (Lipinski definition) is 3. The fourth-order valence-electron chi connectivity index (χ4n) is 0.882. The van der Waals surface area contributed by atoms with E-state index in [-0.39, 0.29) is 5.91 Å². The van der Waals surface area contributed by atoms with E-state index < -0.39 is 0 Å². The average molecular weight is 181 g/mol. The predicted octanol–water partition coefficient (Wildman–Crippen LogP) is 0.989. The Balaban J connectivity index is 2.23. The summed E-state index contributed by atoms with van der Waals surface area (Å²) in [4.78, 5) is 21.1. The Morgan fingerprint density at radius 3 is 3.08 bits per heavy atom. The Morgan fingerprint density at radius 1 is 1.62 bits per heavy atom. The monoisotopic (exact) mass is 181 g/mol. The second-order valence-corrected chi connectivity index (χ2v) is 2.54. The maximum absolute atomic E-state index is 11.2. The summed E-state index contributed by atoms with van der Waals surface area (Å²) in [6.07, 6.45) is 3.41. The van der Waals surface area contributed by atoms with Gasteiger partial charge in [-0.05, 0) is 18.6 Å². The van der Waals surface area contributed by atoms with Crippen molar-refractivity contribution in [3.63, 3.8) is 0 Å². The molecule has 0 unspecified atom stereocenters. The highest BCUT2D eigenvalue weighted by atomic mass is 16.3. The summed E-state index contributed by atoms with van der Waals surface area (Å²) in [5, 5.41) is 2.63. The van der Waals surface area contributed by atoms with Crippen molar-refractivity contribution < 1.29 is 14.0 Å². The van der Waals surface area contributed by atoms with Crippen LogP contribution in [-0.2, 0) is 4.79 Å². The first-order valence-electron chi connectivity index (χ1n) is 4.10. The minimum absolute atomic E-state index is 0.240. The molecule has 1 heterocycles. The number of amides is 1. The van der Waals surface area contributed by atoms with Crippen LogP contribution in [-0.4, -0.2) is 18.7 Å². The lowest BCUT2D eigenvalue weighted by Gasteiger charge is -1.99. The fourth-order valence-corrected chi connectivity index (χ4v) is 0.882. The smallest absolute Gasteiger partial charge is 0.286 e. The summed E-state index contributed by atoms with van der Waals surface area (Å²) in [6, 6.07) is 3.25. The normalized spacial score (nSPS) is 9.54. The molecule has 1 aromatic heterocycles. The van der Waals surface area contributed by atoms with Crippen molar-refractivity contribution in [3.05, 3.63) is 24.2 Å². The maximum Gasteiger partial charge on any atom is 0.286 e. The van der Waals surface area contributed by atoms with E-state index in [9.17, 15) is 9.59 Å². The highest BCUT2D eigenvalue weighted by Crippen LogP contribution is 1.98. The van der Waals surface area contributed by atoms with E-state index >= 15 is 0 Å². The first kappa shape index (κ1) is 9.51. The van der Waals surface area contributed by atoms with E-state index in [1.807, 2.05) is 0 Å². The van der Waals surface area contributed by atoms with Crippen LogP contribution < -0.4 is 5.32 Å². The van der Waals surface area contributed by atoms with Crippen LogP contribution in [0.1, 0.15) is 23.4 Å². The zero-order chi connectivity index (χ0) is 9.52. The molecule has 0 radical (unpaired) electrons. The van der Waals surface area contributed by atoms with Gasteiger partial charge in [-0.15, -0.1) is 0 Å². The van der Waals surface area contributed by atoms with Crippen LogP contribution in [0.15, 0.2) is 22.8 Å². The molecule has 0 spiro atoms. The number of rotatable bonds is 5. The van der Waals surface area contributed by atoms with Gasteiger partial charge < -0.3 is 14.5 Å². The van der Waals surface area contributed by atoms with Gasteiger partial charge in [0, 0.05) is 13.0 Å². The SMILES string of the molecule is O=CCCCNC(=O)c1ccco1. The summed E-state index contributed by atoms with van der Waals surface area (Å²) in [7, 11) is 0. The van der Waals surface area contributed by atoms with Crippen LogP contribution in [0, 0.1) is 0 Å². The largest absolute Gasteiger partial charge is 0.459 e. The Hall–Kier alpha value is -1.58. The predicted molar refractivity (Wildman–Crippen MR) is 46.3 cm³/mol. The molecular formula is C9H11NO3. The molecule has 70 valence electrons. The number of furan rings is 1. The van der Waals surface area contributed by atoms with E-state index in [1.54, 1.807) is 12.1 Å². The fraction of sp³-hybridized carbons (Fsp3) is 0.333. The molecule has 0 saturated heterocycles. The van der Waals surface area contributed by atoms with Crippen molar-refractivity contribution in [2.75, 3.05) is 6.54 Å². The highest BCUT2D eigenvalue weighted by Gasteiger charge is 2.05. The molecule has 1 N–H and O–H groups in total. The van der Waals surface area contributed by atoms with Crippen LogP contribution >= 0.6 is 0 Å². The number of aldehydes is 1. The van der Waals surface area contributed by atoms with E-state index in [0.717, 1.165) is 6.29 Å². The molecule has 1 rings (SSSR count). The molecule has 0 aliphatic carbocycles. The molecule has 4 nitrogen and oxygen atoms in total. The zero-order valence-corrected chi connectivity index (χ0v) is 7.16. The lowest BCUT2D eigenvalue weighted by molar-refractivity contribution is -0.107. The quantitative estimate of drug-likeness (QED) is 0.544. The number of nitrogens with one attached hydrogen (secondary N) is 1. The van der Waals surface area contributed by atoms with Crippen molar-refractivity contribution >= 4 is 12.2 Å². The summed E-state index contributed by atoms with van der Waals surface area (Å²) in [5.41, 5.74) is 0. The second-order valence-electron chi connectivity index (χ2n) is 2.54.